The first-order valence-electron chi connectivity index (χ1n) is 5.42. The minimum absolute atomic E-state index is 0.273. The zero-order chi connectivity index (χ0) is 12.3. The Morgan fingerprint density at radius 3 is 3.06 bits per heavy atom. The molecule has 0 aliphatic heterocycles. The quantitative estimate of drug-likeness (QED) is 0.783. The third-order valence-electron chi connectivity index (χ3n) is 2.45. The average Bonchev–Trinajstić information content (AvgIpc) is 2.90. The van der Waals surface area contributed by atoms with Crippen molar-refractivity contribution >= 4 is 17.3 Å². The summed E-state index contributed by atoms with van der Waals surface area (Å²) in [7, 11) is 0. The first-order valence-corrected chi connectivity index (χ1v) is 6.36. The van der Waals surface area contributed by atoms with Crippen molar-refractivity contribution in [2.75, 3.05) is 6.61 Å². The summed E-state index contributed by atoms with van der Waals surface area (Å²) in [5.74, 6) is -0.273. The van der Waals surface area contributed by atoms with Crippen LogP contribution in [-0.2, 0) is 11.3 Å². The number of esters is 1. The Balaban J connectivity index is 2.26. The number of nitrogens with zero attached hydrogens (tertiary/aromatic N) is 2. The fraction of sp³-hybridized carbons (Fsp3) is 0.333. The third-order valence-corrected chi connectivity index (χ3v) is 3.09. The topological polar surface area (TPSA) is 44.1 Å². The van der Waals surface area contributed by atoms with Gasteiger partial charge in [0.2, 0.25) is 0 Å². The molecule has 0 aliphatic carbocycles. The summed E-state index contributed by atoms with van der Waals surface area (Å²) in [6.07, 6.45) is 1.89. The van der Waals surface area contributed by atoms with Gasteiger partial charge in [0.05, 0.1) is 24.4 Å². The lowest BCUT2D eigenvalue weighted by atomic mass is 10.2. The van der Waals surface area contributed by atoms with Crippen molar-refractivity contribution in [3.8, 4) is 0 Å². The van der Waals surface area contributed by atoms with Crippen molar-refractivity contribution in [2.24, 2.45) is 0 Å². The molecular formula is C12H14N2O2S. The highest BCUT2D eigenvalue weighted by Crippen LogP contribution is 2.14. The van der Waals surface area contributed by atoms with E-state index in [2.05, 4.69) is 4.98 Å². The molecule has 0 radical (unpaired) electrons. The molecule has 5 heteroatoms. The van der Waals surface area contributed by atoms with Gasteiger partial charge in [0.25, 0.3) is 0 Å². The Labute approximate surface area is 104 Å². The van der Waals surface area contributed by atoms with Crippen molar-refractivity contribution in [3.63, 3.8) is 0 Å². The van der Waals surface area contributed by atoms with Crippen LogP contribution in [0.1, 0.15) is 28.7 Å². The van der Waals surface area contributed by atoms with Crippen LogP contribution in [0.3, 0.4) is 0 Å². The van der Waals surface area contributed by atoms with Gasteiger partial charge in [0.15, 0.2) is 0 Å². The number of aromatic nitrogens is 2. The van der Waals surface area contributed by atoms with Crippen molar-refractivity contribution in [1.29, 1.82) is 0 Å². The normalized spacial score (nSPS) is 10.5. The summed E-state index contributed by atoms with van der Waals surface area (Å²) in [6.45, 7) is 4.70. The van der Waals surface area contributed by atoms with E-state index in [9.17, 15) is 4.79 Å². The van der Waals surface area contributed by atoms with E-state index in [0.29, 0.717) is 18.8 Å². The number of carbonyl (C=O) groups excluding carboxylic acids is 1. The zero-order valence-corrected chi connectivity index (χ0v) is 10.7. The molecular weight excluding hydrogens is 236 g/mol. The van der Waals surface area contributed by atoms with Gasteiger partial charge in [-0.15, -0.1) is 11.3 Å². The van der Waals surface area contributed by atoms with Crippen LogP contribution in [0.4, 0.5) is 0 Å². The Morgan fingerprint density at radius 1 is 1.59 bits per heavy atom. The van der Waals surface area contributed by atoms with E-state index in [0.717, 1.165) is 11.3 Å². The third kappa shape index (κ3) is 2.55. The smallest absolute Gasteiger partial charge is 0.355 e. The standard InChI is InChI=1S/C12H14N2O2S/c1-3-16-12(15)11-9(2)4-5-14(11)6-10-7-17-8-13-10/h4-5,7-8H,3,6H2,1-2H3. The van der Waals surface area contributed by atoms with Gasteiger partial charge in [0.1, 0.15) is 5.69 Å². The van der Waals surface area contributed by atoms with Crippen LogP contribution in [0, 0.1) is 6.92 Å². The highest BCUT2D eigenvalue weighted by atomic mass is 32.1. The highest BCUT2D eigenvalue weighted by Gasteiger charge is 2.16. The Hall–Kier alpha value is -1.62. The summed E-state index contributed by atoms with van der Waals surface area (Å²) >= 11 is 1.55. The van der Waals surface area contributed by atoms with E-state index in [-0.39, 0.29) is 5.97 Å². The molecule has 2 heterocycles. The van der Waals surface area contributed by atoms with E-state index in [1.807, 2.05) is 29.1 Å². The number of ether oxygens (including phenoxy) is 1. The van der Waals surface area contributed by atoms with Gasteiger partial charge in [-0.05, 0) is 25.5 Å². The molecule has 0 saturated carbocycles. The number of carbonyl (C=O) groups is 1. The molecule has 0 amide bonds. The maximum atomic E-state index is 11.8. The van der Waals surface area contributed by atoms with Gasteiger partial charge >= 0.3 is 5.97 Å². The SMILES string of the molecule is CCOC(=O)c1c(C)ccn1Cc1cscn1. The lowest BCUT2D eigenvalue weighted by molar-refractivity contribution is 0.0513. The molecule has 0 spiro atoms. The molecule has 90 valence electrons. The lowest BCUT2D eigenvalue weighted by Gasteiger charge is -2.08. The predicted octanol–water partition coefficient (Wildman–Crippen LogP) is 2.48. The van der Waals surface area contributed by atoms with E-state index in [1.54, 1.807) is 23.8 Å². The summed E-state index contributed by atoms with van der Waals surface area (Å²) in [5.41, 5.74) is 4.28. The second-order valence-corrected chi connectivity index (χ2v) is 4.39. The van der Waals surface area contributed by atoms with Crippen molar-refractivity contribution < 1.29 is 9.53 Å². The molecule has 0 aliphatic rings. The van der Waals surface area contributed by atoms with Crippen molar-refractivity contribution in [1.82, 2.24) is 9.55 Å². The van der Waals surface area contributed by atoms with E-state index in [4.69, 9.17) is 4.74 Å². The van der Waals surface area contributed by atoms with Gasteiger partial charge in [0, 0.05) is 11.6 Å². The predicted molar refractivity (Wildman–Crippen MR) is 66.3 cm³/mol. The first-order chi connectivity index (χ1) is 8.22. The fourth-order valence-corrected chi connectivity index (χ4v) is 2.23. The second-order valence-electron chi connectivity index (χ2n) is 3.68. The largest absolute Gasteiger partial charge is 0.461 e. The minimum Gasteiger partial charge on any atom is -0.461 e. The molecule has 2 aromatic rings. The summed E-state index contributed by atoms with van der Waals surface area (Å²) in [4.78, 5) is 16.0. The van der Waals surface area contributed by atoms with E-state index < -0.39 is 0 Å². The summed E-state index contributed by atoms with van der Waals surface area (Å²) in [5, 5.41) is 1.98. The average molecular weight is 250 g/mol. The van der Waals surface area contributed by atoms with Crippen LogP contribution in [0.15, 0.2) is 23.2 Å². The molecule has 0 unspecified atom stereocenters. The number of thiazole rings is 1. The van der Waals surface area contributed by atoms with Crippen molar-refractivity contribution in [3.05, 3.63) is 40.1 Å². The molecule has 2 rings (SSSR count). The summed E-state index contributed by atoms with van der Waals surface area (Å²) in [6, 6.07) is 1.92. The molecule has 0 fully saturated rings. The van der Waals surface area contributed by atoms with Gasteiger partial charge < -0.3 is 9.30 Å². The minimum atomic E-state index is -0.273. The van der Waals surface area contributed by atoms with Crippen LogP contribution in [0.2, 0.25) is 0 Å². The van der Waals surface area contributed by atoms with E-state index >= 15 is 0 Å². The monoisotopic (exact) mass is 250 g/mol. The van der Waals surface area contributed by atoms with Crippen LogP contribution >= 0.6 is 11.3 Å². The van der Waals surface area contributed by atoms with Gasteiger partial charge in [-0.25, -0.2) is 9.78 Å². The Bertz CT molecular complexity index is 503. The number of hydrogen-bond acceptors (Lipinski definition) is 4. The molecule has 2 aromatic heterocycles. The molecule has 0 bridgehead atoms. The molecule has 0 aromatic carbocycles. The van der Waals surface area contributed by atoms with Crippen molar-refractivity contribution in [2.45, 2.75) is 20.4 Å². The number of aryl methyl sites for hydroxylation is 1. The van der Waals surface area contributed by atoms with Gasteiger partial charge in [-0.3, -0.25) is 0 Å². The molecule has 17 heavy (non-hydrogen) atoms. The van der Waals surface area contributed by atoms with E-state index in [1.165, 1.54) is 0 Å². The zero-order valence-electron chi connectivity index (χ0n) is 9.84. The second kappa shape index (κ2) is 5.14. The van der Waals surface area contributed by atoms with Crippen LogP contribution in [0.5, 0.6) is 0 Å². The molecule has 0 N–H and O–H groups in total. The van der Waals surface area contributed by atoms with Crippen LogP contribution < -0.4 is 0 Å². The van der Waals surface area contributed by atoms with Gasteiger partial charge in [-0.1, -0.05) is 0 Å². The first kappa shape index (κ1) is 11.9. The van der Waals surface area contributed by atoms with Gasteiger partial charge in [-0.2, -0.15) is 0 Å². The Kier molecular flexibility index (Phi) is 3.58. The highest BCUT2D eigenvalue weighted by molar-refractivity contribution is 7.07. The number of hydrogen-bond donors (Lipinski definition) is 0. The van der Waals surface area contributed by atoms with Crippen LogP contribution in [0.25, 0.3) is 0 Å². The molecule has 4 nitrogen and oxygen atoms in total. The Morgan fingerprint density at radius 2 is 2.41 bits per heavy atom. The fourth-order valence-electron chi connectivity index (χ4n) is 1.68. The number of rotatable bonds is 4. The maximum absolute atomic E-state index is 11.8. The lowest BCUT2D eigenvalue weighted by Crippen LogP contribution is -2.13. The molecule has 0 saturated heterocycles. The molecule has 0 atom stereocenters. The summed E-state index contributed by atoms with van der Waals surface area (Å²) < 4.78 is 6.93. The maximum Gasteiger partial charge on any atom is 0.355 e. The van der Waals surface area contributed by atoms with Crippen LogP contribution in [-0.4, -0.2) is 22.1 Å².